The van der Waals surface area contributed by atoms with Crippen LogP contribution in [0.25, 0.3) is 6.08 Å². The van der Waals surface area contributed by atoms with Gasteiger partial charge in [0.15, 0.2) is 0 Å². The number of rotatable bonds is 7. The van der Waals surface area contributed by atoms with Gasteiger partial charge in [-0.25, -0.2) is 0 Å². The van der Waals surface area contributed by atoms with Crippen LogP contribution in [0.15, 0.2) is 48.5 Å². The standard InChI is InChI=1S/C21H25NO2/c1-4-17-8-7-9-18(5-2)21(17)22-20(23)15-12-16-10-13-19(14-11-16)24-6-3/h7-15H,4-6H2,1-3H3,(H,22,23)/b15-12+. The van der Waals surface area contributed by atoms with Crippen molar-refractivity contribution < 1.29 is 9.53 Å². The molecular formula is C21H25NO2. The highest BCUT2D eigenvalue weighted by Crippen LogP contribution is 2.22. The minimum atomic E-state index is -0.112. The van der Waals surface area contributed by atoms with E-state index < -0.39 is 0 Å². The fourth-order valence-electron chi connectivity index (χ4n) is 2.58. The Labute approximate surface area is 144 Å². The van der Waals surface area contributed by atoms with Gasteiger partial charge in [-0.3, -0.25) is 4.79 Å². The van der Waals surface area contributed by atoms with Gasteiger partial charge in [-0.2, -0.15) is 0 Å². The van der Waals surface area contributed by atoms with Crippen LogP contribution in [0.2, 0.25) is 0 Å². The van der Waals surface area contributed by atoms with E-state index in [0.29, 0.717) is 6.61 Å². The van der Waals surface area contributed by atoms with Crippen molar-refractivity contribution in [2.24, 2.45) is 0 Å². The van der Waals surface area contributed by atoms with Gasteiger partial charge in [-0.05, 0) is 54.7 Å². The van der Waals surface area contributed by atoms with Crippen molar-refractivity contribution in [3.63, 3.8) is 0 Å². The van der Waals surface area contributed by atoms with Crippen LogP contribution in [0, 0.1) is 0 Å². The van der Waals surface area contributed by atoms with E-state index in [4.69, 9.17) is 4.74 Å². The summed E-state index contributed by atoms with van der Waals surface area (Å²) in [5, 5.41) is 3.03. The van der Waals surface area contributed by atoms with Gasteiger partial charge in [0.25, 0.3) is 0 Å². The van der Waals surface area contributed by atoms with Crippen molar-refractivity contribution in [3.05, 3.63) is 65.2 Å². The van der Waals surface area contributed by atoms with E-state index in [1.165, 1.54) is 0 Å². The molecule has 0 radical (unpaired) electrons. The van der Waals surface area contributed by atoms with Gasteiger partial charge < -0.3 is 10.1 Å². The normalized spacial score (nSPS) is 10.8. The summed E-state index contributed by atoms with van der Waals surface area (Å²) in [6.45, 7) is 6.80. The molecule has 0 saturated heterocycles. The number of anilines is 1. The zero-order valence-electron chi connectivity index (χ0n) is 14.6. The summed E-state index contributed by atoms with van der Waals surface area (Å²) in [5.74, 6) is 0.725. The quantitative estimate of drug-likeness (QED) is 0.739. The van der Waals surface area contributed by atoms with Crippen molar-refractivity contribution in [1.29, 1.82) is 0 Å². The number of ether oxygens (including phenoxy) is 1. The Kier molecular flexibility index (Phi) is 6.62. The summed E-state index contributed by atoms with van der Waals surface area (Å²) >= 11 is 0. The first kappa shape index (κ1) is 17.8. The number of carbonyl (C=O) groups is 1. The Hall–Kier alpha value is -2.55. The number of nitrogens with one attached hydrogen (secondary N) is 1. The van der Waals surface area contributed by atoms with E-state index in [1.54, 1.807) is 6.08 Å². The third kappa shape index (κ3) is 4.72. The first-order valence-corrected chi connectivity index (χ1v) is 8.50. The van der Waals surface area contributed by atoms with Crippen LogP contribution in [0.3, 0.4) is 0 Å². The van der Waals surface area contributed by atoms with Crippen molar-refractivity contribution in [3.8, 4) is 5.75 Å². The van der Waals surface area contributed by atoms with Crippen molar-refractivity contribution in [1.82, 2.24) is 0 Å². The molecule has 2 aromatic rings. The first-order chi connectivity index (χ1) is 11.7. The Balaban J connectivity index is 2.08. The Morgan fingerprint density at radius 1 is 1.00 bits per heavy atom. The topological polar surface area (TPSA) is 38.3 Å². The molecule has 2 rings (SSSR count). The van der Waals surface area contributed by atoms with Gasteiger partial charge in [-0.1, -0.05) is 44.2 Å². The number of para-hydroxylation sites is 1. The van der Waals surface area contributed by atoms with Crippen LogP contribution in [0.1, 0.15) is 37.5 Å². The van der Waals surface area contributed by atoms with Crippen LogP contribution in [0.5, 0.6) is 5.75 Å². The molecular weight excluding hydrogens is 298 g/mol. The molecule has 0 aliphatic heterocycles. The summed E-state index contributed by atoms with van der Waals surface area (Å²) in [6, 6.07) is 13.8. The number of hydrogen-bond acceptors (Lipinski definition) is 2. The number of amides is 1. The molecule has 3 heteroatoms. The zero-order chi connectivity index (χ0) is 17.4. The molecule has 0 aromatic heterocycles. The van der Waals surface area contributed by atoms with Crippen LogP contribution < -0.4 is 10.1 Å². The fourth-order valence-corrected chi connectivity index (χ4v) is 2.58. The Bertz CT molecular complexity index is 680. The highest BCUT2D eigenvalue weighted by Gasteiger charge is 2.08. The van der Waals surface area contributed by atoms with E-state index in [-0.39, 0.29) is 5.91 Å². The van der Waals surface area contributed by atoms with Gasteiger partial charge in [0, 0.05) is 11.8 Å². The highest BCUT2D eigenvalue weighted by atomic mass is 16.5. The molecule has 2 aromatic carbocycles. The lowest BCUT2D eigenvalue weighted by atomic mass is 10.0. The lowest BCUT2D eigenvalue weighted by molar-refractivity contribution is -0.111. The molecule has 24 heavy (non-hydrogen) atoms. The SMILES string of the molecule is CCOc1ccc(/C=C/C(=O)Nc2c(CC)cccc2CC)cc1. The molecule has 3 nitrogen and oxygen atoms in total. The van der Waals surface area contributed by atoms with Gasteiger partial charge >= 0.3 is 0 Å². The van der Waals surface area contributed by atoms with Gasteiger partial charge in [-0.15, -0.1) is 0 Å². The molecule has 0 aliphatic rings. The highest BCUT2D eigenvalue weighted by molar-refractivity contribution is 6.02. The number of carbonyl (C=O) groups excluding carboxylic acids is 1. The van der Waals surface area contributed by atoms with Gasteiger partial charge in [0.1, 0.15) is 5.75 Å². The summed E-state index contributed by atoms with van der Waals surface area (Å²) in [5.41, 5.74) is 4.24. The van der Waals surface area contributed by atoms with Crippen molar-refractivity contribution in [2.75, 3.05) is 11.9 Å². The molecule has 0 unspecified atom stereocenters. The Morgan fingerprint density at radius 2 is 1.62 bits per heavy atom. The van der Waals surface area contributed by atoms with Gasteiger partial charge in [0.2, 0.25) is 5.91 Å². The predicted octanol–water partition coefficient (Wildman–Crippen LogP) is 4.86. The third-order valence-electron chi connectivity index (χ3n) is 3.87. The largest absolute Gasteiger partial charge is 0.494 e. The summed E-state index contributed by atoms with van der Waals surface area (Å²) < 4.78 is 5.41. The van der Waals surface area contributed by atoms with Crippen LogP contribution in [-0.4, -0.2) is 12.5 Å². The zero-order valence-corrected chi connectivity index (χ0v) is 14.6. The minimum Gasteiger partial charge on any atom is -0.494 e. The maximum absolute atomic E-state index is 12.3. The van der Waals surface area contributed by atoms with Gasteiger partial charge in [0.05, 0.1) is 6.61 Å². The molecule has 126 valence electrons. The van der Waals surface area contributed by atoms with E-state index in [0.717, 1.165) is 41.0 Å². The number of benzene rings is 2. The van der Waals surface area contributed by atoms with Crippen molar-refractivity contribution in [2.45, 2.75) is 33.6 Å². The maximum atomic E-state index is 12.3. The second kappa shape index (κ2) is 8.92. The summed E-state index contributed by atoms with van der Waals surface area (Å²) in [7, 11) is 0. The molecule has 1 amide bonds. The van der Waals surface area contributed by atoms with E-state index in [2.05, 4.69) is 31.3 Å². The monoisotopic (exact) mass is 323 g/mol. The summed E-state index contributed by atoms with van der Waals surface area (Å²) in [4.78, 5) is 12.3. The van der Waals surface area contributed by atoms with Crippen LogP contribution in [-0.2, 0) is 17.6 Å². The molecule has 0 fully saturated rings. The Morgan fingerprint density at radius 3 is 2.17 bits per heavy atom. The second-order valence-corrected chi connectivity index (χ2v) is 5.48. The summed E-state index contributed by atoms with van der Waals surface area (Å²) in [6.07, 6.45) is 5.17. The number of hydrogen-bond donors (Lipinski definition) is 1. The average molecular weight is 323 g/mol. The van der Waals surface area contributed by atoms with E-state index in [9.17, 15) is 4.79 Å². The maximum Gasteiger partial charge on any atom is 0.248 e. The molecule has 0 bridgehead atoms. The molecule has 0 heterocycles. The number of aryl methyl sites for hydroxylation is 2. The van der Waals surface area contributed by atoms with E-state index in [1.807, 2.05) is 43.3 Å². The third-order valence-corrected chi connectivity index (χ3v) is 3.87. The molecule has 0 spiro atoms. The minimum absolute atomic E-state index is 0.112. The molecule has 0 atom stereocenters. The average Bonchev–Trinajstić information content (AvgIpc) is 2.61. The van der Waals surface area contributed by atoms with Crippen LogP contribution >= 0.6 is 0 Å². The van der Waals surface area contributed by atoms with Crippen LogP contribution in [0.4, 0.5) is 5.69 Å². The smallest absolute Gasteiger partial charge is 0.248 e. The second-order valence-electron chi connectivity index (χ2n) is 5.48. The van der Waals surface area contributed by atoms with E-state index >= 15 is 0 Å². The van der Waals surface area contributed by atoms with Crippen molar-refractivity contribution >= 4 is 17.7 Å². The molecule has 0 aliphatic carbocycles. The fraction of sp³-hybridized carbons (Fsp3) is 0.286. The molecule has 0 saturated carbocycles. The molecule has 1 N–H and O–H groups in total. The predicted molar refractivity (Wildman–Crippen MR) is 100 cm³/mol. The lowest BCUT2D eigenvalue weighted by Gasteiger charge is -2.13. The lowest BCUT2D eigenvalue weighted by Crippen LogP contribution is -2.11. The first-order valence-electron chi connectivity index (χ1n) is 8.50.